The standard InChI is InChI=1S/C10H13BrO/c1-3-12-10-8(2)5-4-6-9(10)7-11/h4-6H,3,7H2,1-2H3. The van der Waals surface area contributed by atoms with Crippen LogP contribution >= 0.6 is 15.9 Å². The molecular formula is C10H13BrO. The van der Waals surface area contributed by atoms with E-state index in [2.05, 4.69) is 41.1 Å². The van der Waals surface area contributed by atoms with Crippen LogP contribution in [0.15, 0.2) is 18.2 Å². The van der Waals surface area contributed by atoms with Gasteiger partial charge >= 0.3 is 0 Å². The smallest absolute Gasteiger partial charge is 0.126 e. The van der Waals surface area contributed by atoms with Crippen molar-refractivity contribution in [3.8, 4) is 5.75 Å². The maximum atomic E-state index is 5.53. The molecule has 0 amide bonds. The summed E-state index contributed by atoms with van der Waals surface area (Å²) in [6.45, 7) is 4.80. The molecule has 1 rings (SSSR count). The zero-order valence-electron chi connectivity index (χ0n) is 7.43. The van der Waals surface area contributed by atoms with E-state index in [1.165, 1.54) is 11.1 Å². The molecule has 1 aromatic carbocycles. The molecule has 0 fully saturated rings. The van der Waals surface area contributed by atoms with Gasteiger partial charge in [-0.05, 0) is 19.4 Å². The number of hydrogen-bond acceptors (Lipinski definition) is 1. The maximum Gasteiger partial charge on any atom is 0.126 e. The van der Waals surface area contributed by atoms with Crippen LogP contribution in [0.3, 0.4) is 0 Å². The molecule has 0 N–H and O–H groups in total. The second-order valence-corrected chi connectivity index (χ2v) is 3.19. The Morgan fingerprint density at radius 2 is 2.17 bits per heavy atom. The third-order valence-corrected chi connectivity index (χ3v) is 2.33. The fourth-order valence-electron chi connectivity index (χ4n) is 1.17. The van der Waals surface area contributed by atoms with Crippen LogP contribution in [0.4, 0.5) is 0 Å². The Labute approximate surface area is 81.9 Å². The molecule has 0 aliphatic rings. The molecule has 0 heterocycles. The highest BCUT2D eigenvalue weighted by Gasteiger charge is 2.03. The van der Waals surface area contributed by atoms with Crippen LogP contribution in [-0.4, -0.2) is 6.61 Å². The van der Waals surface area contributed by atoms with Crippen LogP contribution in [-0.2, 0) is 5.33 Å². The number of benzene rings is 1. The molecule has 12 heavy (non-hydrogen) atoms. The van der Waals surface area contributed by atoms with Crippen molar-refractivity contribution in [2.24, 2.45) is 0 Å². The number of hydrogen-bond donors (Lipinski definition) is 0. The summed E-state index contributed by atoms with van der Waals surface area (Å²) in [5.74, 6) is 1.02. The van der Waals surface area contributed by atoms with E-state index in [9.17, 15) is 0 Å². The average molecular weight is 229 g/mol. The van der Waals surface area contributed by atoms with Gasteiger partial charge in [-0.15, -0.1) is 0 Å². The van der Waals surface area contributed by atoms with Gasteiger partial charge in [0.2, 0.25) is 0 Å². The number of rotatable bonds is 3. The number of halogens is 1. The van der Waals surface area contributed by atoms with Crippen LogP contribution in [0.1, 0.15) is 18.1 Å². The van der Waals surface area contributed by atoms with E-state index in [1.54, 1.807) is 0 Å². The Hall–Kier alpha value is -0.500. The lowest BCUT2D eigenvalue weighted by Crippen LogP contribution is -1.97. The lowest BCUT2D eigenvalue weighted by molar-refractivity contribution is 0.335. The first-order valence-corrected chi connectivity index (χ1v) is 5.19. The minimum absolute atomic E-state index is 0.727. The fourth-order valence-corrected chi connectivity index (χ4v) is 1.61. The largest absolute Gasteiger partial charge is 0.493 e. The molecule has 0 aliphatic heterocycles. The summed E-state index contributed by atoms with van der Waals surface area (Å²) in [5.41, 5.74) is 2.42. The normalized spacial score (nSPS) is 9.92. The molecule has 2 heteroatoms. The van der Waals surface area contributed by atoms with Crippen molar-refractivity contribution < 1.29 is 4.74 Å². The Bertz CT molecular complexity index is 258. The van der Waals surface area contributed by atoms with Crippen LogP contribution in [0.2, 0.25) is 0 Å². The van der Waals surface area contributed by atoms with E-state index in [0.717, 1.165) is 17.7 Å². The van der Waals surface area contributed by atoms with Gasteiger partial charge in [-0.1, -0.05) is 34.1 Å². The predicted molar refractivity (Wildman–Crippen MR) is 55.0 cm³/mol. The summed E-state index contributed by atoms with van der Waals surface area (Å²) < 4.78 is 5.53. The molecule has 1 nitrogen and oxygen atoms in total. The van der Waals surface area contributed by atoms with Crippen molar-refractivity contribution in [1.82, 2.24) is 0 Å². The third-order valence-electron chi connectivity index (χ3n) is 1.73. The molecule has 1 aromatic rings. The van der Waals surface area contributed by atoms with Gasteiger partial charge < -0.3 is 4.74 Å². The first-order chi connectivity index (χ1) is 5.79. The Balaban J connectivity index is 3.02. The van der Waals surface area contributed by atoms with Gasteiger partial charge in [0.05, 0.1) is 6.61 Å². The molecule has 0 bridgehead atoms. The van der Waals surface area contributed by atoms with Gasteiger partial charge in [0.25, 0.3) is 0 Å². The van der Waals surface area contributed by atoms with E-state index in [-0.39, 0.29) is 0 Å². The molecule has 0 unspecified atom stereocenters. The molecule has 0 radical (unpaired) electrons. The Kier molecular flexibility index (Phi) is 3.60. The van der Waals surface area contributed by atoms with Gasteiger partial charge in [-0.25, -0.2) is 0 Å². The monoisotopic (exact) mass is 228 g/mol. The summed E-state index contributed by atoms with van der Waals surface area (Å²) in [5, 5.41) is 0.851. The highest BCUT2D eigenvalue weighted by Crippen LogP contribution is 2.25. The highest BCUT2D eigenvalue weighted by molar-refractivity contribution is 9.08. The molecule has 0 aromatic heterocycles. The number of para-hydroxylation sites is 1. The summed E-state index contributed by atoms with van der Waals surface area (Å²) in [4.78, 5) is 0. The quantitative estimate of drug-likeness (QED) is 0.722. The lowest BCUT2D eigenvalue weighted by atomic mass is 10.1. The van der Waals surface area contributed by atoms with Crippen molar-refractivity contribution in [1.29, 1.82) is 0 Å². The van der Waals surface area contributed by atoms with Crippen LogP contribution < -0.4 is 4.74 Å². The topological polar surface area (TPSA) is 9.23 Å². The average Bonchev–Trinajstić information content (AvgIpc) is 2.09. The van der Waals surface area contributed by atoms with Crippen molar-refractivity contribution in [3.05, 3.63) is 29.3 Å². The van der Waals surface area contributed by atoms with Gasteiger partial charge in [-0.3, -0.25) is 0 Å². The summed E-state index contributed by atoms with van der Waals surface area (Å²) in [6.07, 6.45) is 0. The fraction of sp³-hybridized carbons (Fsp3) is 0.400. The summed E-state index contributed by atoms with van der Waals surface area (Å²) in [7, 11) is 0. The van der Waals surface area contributed by atoms with Crippen LogP contribution in [0, 0.1) is 6.92 Å². The summed E-state index contributed by atoms with van der Waals surface area (Å²) >= 11 is 3.43. The van der Waals surface area contributed by atoms with E-state index < -0.39 is 0 Å². The van der Waals surface area contributed by atoms with Crippen molar-refractivity contribution in [2.75, 3.05) is 6.61 Å². The zero-order valence-corrected chi connectivity index (χ0v) is 9.02. The lowest BCUT2D eigenvalue weighted by Gasteiger charge is -2.10. The first-order valence-electron chi connectivity index (χ1n) is 4.06. The molecule has 0 saturated carbocycles. The predicted octanol–water partition coefficient (Wildman–Crippen LogP) is 3.29. The number of alkyl halides is 1. The van der Waals surface area contributed by atoms with Crippen molar-refractivity contribution in [2.45, 2.75) is 19.2 Å². The molecule has 66 valence electrons. The van der Waals surface area contributed by atoms with E-state index >= 15 is 0 Å². The highest BCUT2D eigenvalue weighted by atomic mass is 79.9. The molecular weight excluding hydrogens is 216 g/mol. The number of ether oxygens (including phenoxy) is 1. The SMILES string of the molecule is CCOc1c(C)cccc1CBr. The van der Waals surface area contributed by atoms with Gasteiger partial charge in [-0.2, -0.15) is 0 Å². The van der Waals surface area contributed by atoms with Crippen molar-refractivity contribution in [3.63, 3.8) is 0 Å². The van der Waals surface area contributed by atoms with E-state index in [0.29, 0.717) is 0 Å². The second kappa shape index (κ2) is 4.51. The van der Waals surface area contributed by atoms with E-state index in [1.807, 2.05) is 6.92 Å². The molecule has 0 atom stereocenters. The Morgan fingerprint density at radius 1 is 1.42 bits per heavy atom. The summed E-state index contributed by atoms with van der Waals surface area (Å²) in [6, 6.07) is 6.19. The van der Waals surface area contributed by atoms with Gasteiger partial charge in [0, 0.05) is 10.9 Å². The third kappa shape index (κ3) is 2.01. The molecule has 0 aliphatic carbocycles. The molecule has 0 spiro atoms. The van der Waals surface area contributed by atoms with Crippen LogP contribution in [0.5, 0.6) is 5.75 Å². The maximum absolute atomic E-state index is 5.53. The van der Waals surface area contributed by atoms with Crippen LogP contribution in [0.25, 0.3) is 0 Å². The van der Waals surface area contributed by atoms with Gasteiger partial charge in [0.1, 0.15) is 5.75 Å². The second-order valence-electron chi connectivity index (χ2n) is 2.63. The van der Waals surface area contributed by atoms with E-state index in [4.69, 9.17) is 4.74 Å². The minimum Gasteiger partial charge on any atom is -0.493 e. The molecule has 0 saturated heterocycles. The first kappa shape index (κ1) is 9.59. The number of aryl methyl sites for hydroxylation is 1. The minimum atomic E-state index is 0.727. The van der Waals surface area contributed by atoms with Crippen molar-refractivity contribution >= 4 is 15.9 Å². The Morgan fingerprint density at radius 3 is 2.75 bits per heavy atom. The van der Waals surface area contributed by atoms with Gasteiger partial charge in [0.15, 0.2) is 0 Å². The zero-order chi connectivity index (χ0) is 8.97.